The van der Waals surface area contributed by atoms with Crippen LogP contribution in [0.25, 0.3) is 21.5 Å². The molecule has 0 aliphatic carbocycles. The lowest BCUT2D eigenvalue weighted by Crippen LogP contribution is -2.14. The number of hydrogen-bond donors (Lipinski definition) is 0. The zero-order chi connectivity index (χ0) is 20.4. The number of esters is 2. The summed E-state index contributed by atoms with van der Waals surface area (Å²) >= 11 is 12.0. The maximum absolute atomic E-state index is 12.8. The number of halogens is 2. The Labute approximate surface area is 177 Å². The summed E-state index contributed by atoms with van der Waals surface area (Å²) in [5.41, 5.74) is 2.47. The van der Waals surface area contributed by atoms with Gasteiger partial charge in [-0.1, -0.05) is 60.7 Å². The van der Waals surface area contributed by atoms with Crippen molar-refractivity contribution in [1.82, 2.24) is 0 Å². The molecule has 29 heavy (non-hydrogen) atoms. The number of fused-ring (bicyclic) bond motifs is 2. The molecule has 0 saturated heterocycles. The fourth-order valence-electron chi connectivity index (χ4n) is 3.51. The summed E-state index contributed by atoms with van der Waals surface area (Å²) in [6, 6.07) is 21.7. The van der Waals surface area contributed by atoms with E-state index in [9.17, 15) is 9.59 Å². The van der Waals surface area contributed by atoms with Crippen molar-refractivity contribution in [3.63, 3.8) is 0 Å². The Morgan fingerprint density at radius 2 is 0.966 bits per heavy atom. The molecule has 0 saturated carbocycles. The summed E-state index contributed by atoms with van der Waals surface area (Å²) in [4.78, 5) is 25.6. The van der Waals surface area contributed by atoms with Crippen LogP contribution in [0.2, 0.25) is 0 Å². The van der Waals surface area contributed by atoms with Gasteiger partial charge in [-0.25, -0.2) is 9.59 Å². The van der Waals surface area contributed by atoms with Gasteiger partial charge in [0.2, 0.25) is 0 Å². The largest absolute Gasteiger partial charge is 0.386 e. The third-order valence-electron chi connectivity index (χ3n) is 4.94. The number of alkyl halides is 2. The molecule has 0 atom stereocenters. The minimum Gasteiger partial charge on any atom is -0.386 e. The van der Waals surface area contributed by atoms with E-state index in [4.69, 9.17) is 27.9 Å². The SMILES string of the molecule is O=C(OC(=O)c1ccc(CCl)c2ccccc12)c1ccc(CCl)c2ccccc12. The fraction of sp³-hybridized carbons (Fsp3) is 0.0833. The average Bonchev–Trinajstić information content (AvgIpc) is 2.77. The molecule has 0 heterocycles. The zero-order valence-electron chi connectivity index (χ0n) is 15.3. The fourth-order valence-corrected chi connectivity index (χ4v) is 3.97. The molecular formula is C24H16Cl2O3. The summed E-state index contributed by atoms with van der Waals surface area (Å²) in [5.74, 6) is -0.739. The van der Waals surface area contributed by atoms with Gasteiger partial charge < -0.3 is 4.74 Å². The van der Waals surface area contributed by atoms with Gasteiger partial charge in [0.05, 0.1) is 11.1 Å². The van der Waals surface area contributed by atoms with E-state index in [1.165, 1.54) is 0 Å². The minimum absolute atomic E-state index is 0.324. The lowest BCUT2D eigenvalue weighted by atomic mass is 9.99. The molecule has 0 bridgehead atoms. The summed E-state index contributed by atoms with van der Waals surface area (Å²) < 4.78 is 5.24. The average molecular weight is 423 g/mol. The van der Waals surface area contributed by atoms with E-state index in [0.717, 1.165) is 21.9 Å². The normalized spacial score (nSPS) is 11.0. The lowest BCUT2D eigenvalue weighted by molar-refractivity contribution is 0.0400. The maximum atomic E-state index is 12.8. The molecule has 4 aromatic carbocycles. The van der Waals surface area contributed by atoms with E-state index in [2.05, 4.69) is 0 Å². The second kappa shape index (κ2) is 8.24. The smallest absolute Gasteiger partial charge is 0.346 e. The molecule has 144 valence electrons. The highest BCUT2D eigenvalue weighted by atomic mass is 35.5. The van der Waals surface area contributed by atoms with Crippen molar-refractivity contribution in [2.24, 2.45) is 0 Å². The number of carbonyl (C=O) groups excluding carboxylic acids is 2. The van der Waals surface area contributed by atoms with Crippen LogP contribution in [-0.2, 0) is 16.5 Å². The van der Waals surface area contributed by atoms with Crippen molar-refractivity contribution in [2.75, 3.05) is 0 Å². The highest BCUT2D eigenvalue weighted by Gasteiger charge is 2.20. The van der Waals surface area contributed by atoms with Gasteiger partial charge >= 0.3 is 11.9 Å². The first-order chi connectivity index (χ1) is 14.1. The van der Waals surface area contributed by atoms with Crippen molar-refractivity contribution in [3.05, 3.63) is 95.1 Å². The number of benzene rings is 4. The van der Waals surface area contributed by atoms with Crippen LogP contribution in [0.15, 0.2) is 72.8 Å². The van der Waals surface area contributed by atoms with Crippen molar-refractivity contribution in [2.45, 2.75) is 11.8 Å². The Kier molecular flexibility index (Phi) is 5.52. The van der Waals surface area contributed by atoms with Crippen LogP contribution >= 0.6 is 23.2 Å². The summed E-state index contributed by atoms with van der Waals surface area (Å²) in [6.45, 7) is 0. The Hall–Kier alpha value is -2.88. The standard InChI is InChI=1S/C24H16Cl2O3/c25-13-15-9-11-21(19-7-3-1-5-17(15)19)23(27)29-24(28)22-12-10-16(14-26)18-6-2-4-8-20(18)22/h1-12H,13-14H2. The van der Waals surface area contributed by atoms with E-state index >= 15 is 0 Å². The quantitative estimate of drug-likeness (QED) is 0.215. The molecule has 0 aromatic heterocycles. The predicted octanol–water partition coefficient (Wildman–Crippen LogP) is 6.47. The zero-order valence-corrected chi connectivity index (χ0v) is 16.8. The Morgan fingerprint density at radius 1 is 0.586 bits per heavy atom. The molecule has 3 nitrogen and oxygen atoms in total. The first-order valence-electron chi connectivity index (χ1n) is 9.03. The Balaban J connectivity index is 1.71. The molecule has 0 fully saturated rings. The van der Waals surface area contributed by atoms with Crippen LogP contribution in [0, 0.1) is 0 Å². The highest BCUT2D eigenvalue weighted by Crippen LogP contribution is 2.27. The molecule has 0 aliphatic rings. The van der Waals surface area contributed by atoms with Gasteiger partial charge in [0, 0.05) is 11.8 Å². The Morgan fingerprint density at radius 3 is 1.34 bits per heavy atom. The van der Waals surface area contributed by atoms with Crippen LogP contribution in [0.1, 0.15) is 31.8 Å². The van der Waals surface area contributed by atoms with Gasteiger partial charge in [0.15, 0.2) is 0 Å². The van der Waals surface area contributed by atoms with E-state index < -0.39 is 11.9 Å². The molecular weight excluding hydrogens is 407 g/mol. The maximum Gasteiger partial charge on any atom is 0.346 e. The highest BCUT2D eigenvalue weighted by molar-refractivity contribution is 6.19. The molecule has 0 amide bonds. The first-order valence-corrected chi connectivity index (χ1v) is 10.1. The molecule has 0 spiro atoms. The number of carbonyl (C=O) groups is 2. The minimum atomic E-state index is -0.696. The van der Waals surface area contributed by atoms with Gasteiger partial charge in [-0.15, -0.1) is 23.2 Å². The molecule has 5 heteroatoms. The lowest BCUT2D eigenvalue weighted by Gasteiger charge is -2.11. The monoisotopic (exact) mass is 422 g/mol. The van der Waals surface area contributed by atoms with Crippen LogP contribution in [0.4, 0.5) is 0 Å². The number of hydrogen-bond acceptors (Lipinski definition) is 3. The van der Waals surface area contributed by atoms with Crippen LogP contribution in [-0.4, -0.2) is 11.9 Å². The number of ether oxygens (including phenoxy) is 1. The van der Waals surface area contributed by atoms with Gasteiger partial charge in [0.25, 0.3) is 0 Å². The van der Waals surface area contributed by atoms with Crippen LogP contribution in [0.5, 0.6) is 0 Å². The van der Waals surface area contributed by atoms with Crippen molar-refractivity contribution >= 4 is 56.7 Å². The molecule has 4 rings (SSSR count). The predicted molar refractivity (Wildman–Crippen MR) is 117 cm³/mol. The second-order valence-corrected chi connectivity index (χ2v) is 7.11. The Bertz CT molecular complexity index is 1150. The summed E-state index contributed by atoms with van der Waals surface area (Å²) in [5, 5.41) is 3.12. The molecule has 0 N–H and O–H groups in total. The van der Waals surface area contributed by atoms with Gasteiger partial charge in [0.1, 0.15) is 0 Å². The second-order valence-electron chi connectivity index (χ2n) is 6.58. The topological polar surface area (TPSA) is 43.4 Å². The van der Waals surface area contributed by atoms with Crippen LogP contribution in [0.3, 0.4) is 0 Å². The van der Waals surface area contributed by atoms with Gasteiger partial charge in [-0.05, 0) is 44.8 Å². The van der Waals surface area contributed by atoms with Gasteiger partial charge in [-0.3, -0.25) is 0 Å². The summed E-state index contributed by atoms with van der Waals surface area (Å²) in [6.07, 6.45) is 0. The van der Waals surface area contributed by atoms with E-state index in [0.29, 0.717) is 33.7 Å². The van der Waals surface area contributed by atoms with Gasteiger partial charge in [-0.2, -0.15) is 0 Å². The third-order valence-corrected chi connectivity index (χ3v) is 5.52. The van der Waals surface area contributed by atoms with E-state index in [1.54, 1.807) is 24.3 Å². The third kappa shape index (κ3) is 3.59. The first kappa shape index (κ1) is 19.4. The van der Waals surface area contributed by atoms with Crippen LogP contribution < -0.4 is 0 Å². The molecule has 4 aromatic rings. The summed E-state index contributed by atoms with van der Waals surface area (Å²) in [7, 11) is 0. The van der Waals surface area contributed by atoms with E-state index in [-0.39, 0.29) is 0 Å². The number of rotatable bonds is 4. The van der Waals surface area contributed by atoms with E-state index in [1.807, 2.05) is 48.5 Å². The molecule has 0 unspecified atom stereocenters. The van der Waals surface area contributed by atoms with Crippen molar-refractivity contribution in [3.8, 4) is 0 Å². The van der Waals surface area contributed by atoms with Crippen molar-refractivity contribution < 1.29 is 14.3 Å². The van der Waals surface area contributed by atoms with Crippen molar-refractivity contribution in [1.29, 1.82) is 0 Å². The molecule has 0 radical (unpaired) electrons. The molecule has 0 aliphatic heterocycles.